The fraction of sp³-hybridized carbons (Fsp3) is 0.500. The minimum absolute atomic E-state index is 0.130. The molecule has 2 aliphatic heterocycles. The number of ether oxygens (including phenoxy) is 1. The number of likely N-dealkylation sites (tertiary alicyclic amines) is 1. The van der Waals surface area contributed by atoms with Crippen LogP contribution in [-0.2, 0) is 16.8 Å². The molecule has 1 fully saturated rings. The molecule has 2 aliphatic rings. The van der Waals surface area contributed by atoms with Gasteiger partial charge in [-0.15, -0.1) is 11.3 Å². The standard InChI is InChI=1S/C16H18N4O4S/c1-9-12(18-19-17-9)14(21)20-5-3-16(4-6-20)13-10(2-7-24-16)8-11(25-13)15(22)23/h8H,2-7H2,1H3,(H,22,23)(H,17,18,19). The Morgan fingerprint density at radius 2 is 2.12 bits per heavy atom. The van der Waals surface area contributed by atoms with Gasteiger partial charge in [0, 0.05) is 18.0 Å². The highest BCUT2D eigenvalue weighted by Crippen LogP contribution is 2.45. The third-order valence-electron chi connectivity index (χ3n) is 4.97. The van der Waals surface area contributed by atoms with Crippen LogP contribution < -0.4 is 0 Å². The number of hydrogen-bond donors (Lipinski definition) is 2. The summed E-state index contributed by atoms with van der Waals surface area (Å²) >= 11 is 1.30. The number of fused-ring (bicyclic) bond motifs is 2. The van der Waals surface area contributed by atoms with Crippen molar-refractivity contribution < 1.29 is 19.4 Å². The average molecular weight is 362 g/mol. The molecule has 0 radical (unpaired) electrons. The lowest BCUT2D eigenvalue weighted by Gasteiger charge is -2.43. The molecule has 0 atom stereocenters. The molecule has 0 bridgehead atoms. The van der Waals surface area contributed by atoms with Crippen molar-refractivity contribution in [3.05, 3.63) is 32.8 Å². The molecule has 1 amide bonds. The number of carbonyl (C=O) groups is 2. The zero-order valence-electron chi connectivity index (χ0n) is 13.7. The number of rotatable bonds is 2. The van der Waals surface area contributed by atoms with Crippen molar-refractivity contribution in [2.24, 2.45) is 0 Å². The molecule has 132 valence electrons. The van der Waals surface area contributed by atoms with E-state index in [4.69, 9.17) is 4.74 Å². The van der Waals surface area contributed by atoms with Gasteiger partial charge in [-0.05, 0) is 37.8 Å². The summed E-state index contributed by atoms with van der Waals surface area (Å²) in [6, 6.07) is 1.77. The molecule has 4 rings (SSSR count). The summed E-state index contributed by atoms with van der Waals surface area (Å²) < 4.78 is 6.11. The Balaban J connectivity index is 1.55. The molecular weight excluding hydrogens is 344 g/mol. The second-order valence-corrected chi connectivity index (χ2v) is 7.46. The summed E-state index contributed by atoms with van der Waals surface area (Å²) in [6.07, 6.45) is 2.05. The van der Waals surface area contributed by atoms with E-state index in [-0.39, 0.29) is 5.91 Å². The second-order valence-electron chi connectivity index (χ2n) is 6.41. The number of amides is 1. The maximum absolute atomic E-state index is 12.6. The van der Waals surface area contributed by atoms with Crippen molar-refractivity contribution in [1.29, 1.82) is 0 Å². The number of H-pyrrole nitrogens is 1. The Kier molecular flexibility index (Phi) is 3.84. The molecular formula is C16H18N4O4S. The van der Waals surface area contributed by atoms with Gasteiger partial charge >= 0.3 is 5.97 Å². The van der Waals surface area contributed by atoms with Crippen LogP contribution in [0.5, 0.6) is 0 Å². The van der Waals surface area contributed by atoms with Gasteiger partial charge in [0.25, 0.3) is 5.91 Å². The molecule has 2 aromatic rings. The number of thiophene rings is 1. The highest BCUT2D eigenvalue weighted by molar-refractivity contribution is 7.14. The highest BCUT2D eigenvalue weighted by atomic mass is 32.1. The lowest BCUT2D eigenvalue weighted by atomic mass is 9.85. The van der Waals surface area contributed by atoms with E-state index in [9.17, 15) is 14.7 Å². The first kappa shape index (κ1) is 16.2. The minimum atomic E-state index is -0.899. The number of nitrogens with zero attached hydrogens (tertiary/aromatic N) is 3. The first-order valence-electron chi connectivity index (χ1n) is 8.17. The van der Waals surface area contributed by atoms with Gasteiger partial charge in [-0.1, -0.05) is 0 Å². The molecule has 4 heterocycles. The average Bonchev–Trinajstić information content (AvgIpc) is 3.22. The summed E-state index contributed by atoms with van der Waals surface area (Å²) in [4.78, 5) is 27.0. The molecule has 2 aromatic heterocycles. The Labute approximate surface area is 147 Å². The lowest BCUT2D eigenvalue weighted by molar-refractivity contribution is -0.0906. The van der Waals surface area contributed by atoms with Crippen molar-refractivity contribution in [3.8, 4) is 0 Å². The molecule has 9 heteroatoms. The van der Waals surface area contributed by atoms with Gasteiger partial charge < -0.3 is 14.7 Å². The minimum Gasteiger partial charge on any atom is -0.477 e. The van der Waals surface area contributed by atoms with E-state index in [0.29, 0.717) is 48.8 Å². The molecule has 1 saturated heterocycles. The molecule has 25 heavy (non-hydrogen) atoms. The number of carboxylic acid groups (broad SMARTS) is 1. The van der Waals surface area contributed by atoms with Crippen LogP contribution in [0.2, 0.25) is 0 Å². The number of aromatic nitrogens is 3. The van der Waals surface area contributed by atoms with Crippen molar-refractivity contribution >= 4 is 23.2 Å². The van der Waals surface area contributed by atoms with E-state index in [1.807, 2.05) is 0 Å². The maximum atomic E-state index is 12.6. The molecule has 0 saturated carbocycles. The first-order valence-corrected chi connectivity index (χ1v) is 8.99. The number of carboxylic acids is 1. The van der Waals surface area contributed by atoms with Crippen LogP contribution >= 0.6 is 11.3 Å². The lowest BCUT2D eigenvalue weighted by Crippen LogP contribution is -2.48. The predicted octanol–water partition coefficient (Wildman–Crippen LogP) is 1.58. The molecule has 2 N–H and O–H groups in total. The number of aromatic carboxylic acids is 1. The Morgan fingerprint density at radius 1 is 1.36 bits per heavy atom. The van der Waals surface area contributed by atoms with Crippen LogP contribution in [0.4, 0.5) is 0 Å². The number of aryl methyl sites for hydroxylation is 1. The zero-order valence-corrected chi connectivity index (χ0v) is 14.6. The number of carbonyl (C=O) groups excluding carboxylic acids is 1. The largest absolute Gasteiger partial charge is 0.477 e. The van der Waals surface area contributed by atoms with Crippen molar-refractivity contribution in [2.75, 3.05) is 19.7 Å². The van der Waals surface area contributed by atoms with Crippen LogP contribution in [-0.4, -0.2) is 57.0 Å². The fourth-order valence-corrected chi connectivity index (χ4v) is 4.86. The first-order chi connectivity index (χ1) is 12.0. The SMILES string of the molecule is Cc1n[nH]nc1C(=O)N1CCC2(CC1)OCCc1cc(C(=O)O)sc12. The molecule has 0 unspecified atom stereocenters. The van der Waals surface area contributed by atoms with Gasteiger partial charge in [-0.3, -0.25) is 4.79 Å². The molecule has 1 spiro atoms. The van der Waals surface area contributed by atoms with E-state index in [1.54, 1.807) is 17.9 Å². The summed E-state index contributed by atoms with van der Waals surface area (Å²) in [7, 11) is 0. The topological polar surface area (TPSA) is 108 Å². The van der Waals surface area contributed by atoms with Crippen LogP contribution in [0.25, 0.3) is 0 Å². The fourth-order valence-electron chi connectivity index (χ4n) is 3.61. The summed E-state index contributed by atoms with van der Waals surface area (Å²) in [6.45, 7) is 3.42. The van der Waals surface area contributed by atoms with Gasteiger partial charge in [-0.2, -0.15) is 15.4 Å². The van der Waals surface area contributed by atoms with E-state index in [2.05, 4.69) is 15.4 Å². The monoisotopic (exact) mass is 362 g/mol. The van der Waals surface area contributed by atoms with Crippen LogP contribution in [0.3, 0.4) is 0 Å². The van der Waals surface area contributed by atoms with Gasteiger partial charge in [0.2, 0.25) is 0 Å². The van der Waals surface area contributed by atoms with Gasteiger partial charge in [-0.25, -0.2) is 4.79 Å². The Bertz CT molecular complexity index is 835. The Hall–Kier alpha value is -2.26. The number of nitrogens with one attached hydrogen (secondary N) is 1. The molecule has 0 aromatic carbocycles. The van der Waals surface area contributed by atoms with E-state index in [1.165, 1.54) is 11.3 Å². The maximum Gasteiger partial charge on any atom is 0.345 e. The summed E-state index contributed by atoms with van der Waals surface area (Å²) in [5.41, 5.74) is 1.54. The van der Waals surface area contributed by atoms with E-state index < -0.39 is 11.6 Å². The van der Waals surface area contributed by atoms with Crippen LogP contribution in [0, 0.1) is 6.92 Å². The molecule has 0 aliphatic carbocycles. The normalized spacial score (nSPS) is 19.0. The van der Waals surface area contributed by atoms with Crippen molar-refractivity contribution in [3.63, 3.8) is 0 Å². The summed E-state index contributed by atoms with van der Waals surface area (Å²) in [5.74, 6) is -1.03. The number of piperidine rings is 1. The number of aromatic amines is 1. The number of hydrogen-bond acceptors (Lipinski definition) is 6. The van der Waals surface area contributed by atoms with E-state index in [0.717, 1.165) is 16.9 Å². The smallest absolute Gasteiger partial charge is 0.345 e. The third-order valence-corrected chi connectivity index (χ3v) is 6.32. The quantitative estimate of drug-likeness (QED) is 0.840. The predicted molar refractivity (Wildman–Crippen MR) is 88.9 cm³/mol. The second kappa shape index (κ2) is 5.92. The van der Waals surface area contributed by atoms with Gasteiger partial charge in [0.1, 0.15) is 10.5 Å². The summed E-state index contributed by atoms with van der Waals surface area (Å²) in [5, 5.41) is 19.6. The highest BCUT2D eigenvalue weighted by Gasteiger charge is 2.44. The molecule has 8 nitrogen and oxygen atoms in total. The van der Waals surface area contributed by atoms with Gasteiger partial charge in [0.15, 0.2) is 5.69 Å². The van der Waals surface area contributed by atoms with E-state index >= 15 is 0 Å². The van der Waals surface area contributed by atoms with Gasteiger partial charge in [0.05, 0.1) is 12.3 Å². The van der Waals surface area contributed by atoms with Crippen molar-refractivity contribution in [1.82, 2.24) is 20.3 Å². The third kappa shape index (κ3) is 2.63. The zero-order chi connectivity index (χ0) is 17.6. The van der Waals surface area contributed by atoms with Crippen LogP contribution in [0.1, 0.15) is 49.1 Å². The van der Waals surface area contributed by atoms with Crippen molar-refractivity contribution in [2.45, 2.75) is 31.8 Å². The Morgan fingerprint density at radius 3 is 2.76 bits per heavy atom. The van der Waals surface area contributed by atoms with Crippen LogP contribution in [0.15, 0.2) is 6.07 Å².